The predicted molar refractivity (Wildman–Crippen MR) is 53.1 cm³/mol. The van der Waals surface area contributed by atoms with Crippen LogP contribution in [0.1, 0.15) is 24.1 Å². The molecule has 1 aromatic carbocycles. The third-order valence-corrected chi connectivity index (χ3v) is 2.73. The summed E-state index contributed by atoms with van der Waals surface area (Å²) in [4.78, 5) is 0. The van der Waals surface area contributed by atoms with E-state index in [2.05, 4.69) is 12.2 Å². The molecule has 1 aromatic rings. The maximum atomic E-state index is 13.4. The number of nitrogens with one attached hydrogen (secondary N) is 1. The van der Waals surface area contributed by atoms with Crippen LogP contribution in [0.25, 0.3) is 0 Å². The van der Waals surface area contributed by atoms with Crippen molar-refractivity contribution < 1.29 is 9.13 Å². The van der Waals surface area contributed by atoms with Gasteiger partial charge in [-0.15, -0.1) is 0 Å². The van der Waals surface area contributed by atoms with Gasteiger partial charge in [-0.2, -0.15) is 0 Å². The Hall–Kier alpha value is -1.09. The van der Waals surface area contributed by atoms with Crippen LogP contribution in [0.5, 0.6) is 5.75 Å². The van der Waals surface area contributed by atoms with Gasteiger partial charge in [0.05, 0.1) is 7.11 Å². The van der Waals surface area contributed by atoms with Gasteiger partial charge in [-0.05, 0) is 43.1 Å². The summed E-state index contributed by atoms with van der Waals surface area (Å²) in [6, 6.07) is 3.67. The smallest absolute Gasteiger partial charge is 0.165 e. The number of hydrogen-bond donors (Lipinski definition) is 1. The van der Waals surface area contributed by atoms with Crippen LogP contribution in [0, 0.1) is 5.82 Å². The molecule has 0 saturated heterocycles. The van der Waals surface area contributed by atoms with Crippen molar-refractivity contribution in [3.63, 3.8) is 0 Å². The van der Waals surface area contributed by atoms with E-state index >= 15 is 0 Å². The van der Waals surface area contributed by atoms with Crippen LogP contribution < -0.4 is 10.1 Å². The fourth-order valence-electron chi connectivity index (χ4n) is 1.92. The molecule has 76 valence electrons. The van der Waals surface area contributed by atoms with Crippen LogP contribution in [-0.4, -0.2) is 13.7 Å². The van der Waals surface area contributed by atoms with Crippen molar-refractivity contribution in [2.45, 2.75) is 19.4 Å². The monoisotopic (exact) mass is 195 g/mol. The Morgan fingerprint density at radius 1 is 1.50 bits per heavy atom. The highest BCUT2D eigenvalue weighted by Crippen LogP contribution is 2.29. The molecule has 0 aromatic heterocycles. The van der Waals surface area contributed by atoms with Gasteiger partial charge in [0.25, 0.3) is 0 Å². The van der Waals surface area contributed by atoms with Gasteiger partial charge in [-0.3, -0.25) is 0 Å². The lowest BCUT2D eigenvalue weighted by Crippen LogP contribution is -2.27. The van der Waals surface area contributed by atoms with Crippen LogP contribution in [0.4, 0.5) is 4.39 Å². The van der Waals surface area contributed by atoms with Gasteiger partial charge in [0.1, 0.15) is 0 Å². The summed E-state index contributed by atoms with van der Waals surface area (Å²) in [6.07, 6.45) is 0.889. The number of benzene rings is 1. The quantitative estimate of drug-likeness (QED) is 0.740. The topological polar surface area (TPSA) is 21.3 Å². The van der Waals surface area contributed by atoms with E-state index in [9.17, 15) is 4.39 Å². The minimum absolute atomic E-state index is 0.264. The SMILES string of the molecule is COc1cc2c(cc1F)CCNC2C. The van der Waals surface area contributed by atoms with Gasteiger partial charge in [-0.25, -0.2) is 4.39 Å². The molecule has 1 aliphatic heterocycles. The van der Waals surface area contributed by atoms with Gasteiger partial charge < -0.3 is 10.1 Å². The molecule has 0 saturated carbocycles. The molecule has 3 heteroatoms. The Morgan fingerprint density at radius 3 is 3.00 bits per heavy atom. The lowest BCUT2D eigenvalue weighted by Gasteiger charge is -2.24. The molecular weight excluding hydrogens is 181 g/mol. The number of ether oxygens (including phenoxy) is 1. The fraction of sp³-hybridized carbons (Fsp3) is 0.455. The molecule has 1 atom stereocenters. The lowest BCUT2D eigenvalue weighted by molar-refractivity contribution is 0.383. The summed E-state index contributed by atoms with van der Waals surface area (Å²) in [5.41, 5.74) is 2.24. The Balaban J connectivity index is 2.49. The molecule has 0 aliphatic carbocycles. The molecule has 1 unspecified atom stereocenters. The first kappa shape index (κ1) is 9.46. The fourth-order valence-corrected chi connectivity index (χ4v) is 1.92. The zero-order valence-electron chi connectivity index (χ0n) is 8.43. The molecule has 2 nitrogen and oxygen atoms in total. The van der Waals surface area contributed by atoms with Crippen molar-refractivity contribution in [3.8, 4) is 5.75 Å². The molecule has 1 N–H and O–H groups in total. The van der Waals surface area contributed by atoms with Crippen molar-refractivity contribution in [1.29, 1.82) is 0 Å². The Morgan fingerprint density at radius 2 is 2.29 bits per heavy atom. The Labute approximate surface area is 83.1 Å². The van der Waals surface area contributed by atoms with Crippen LogP contribution in [0.3, 0.4) is 0 Å². The van der Waals surface area contributed by atoms with Gasteiger partial charge in [0.15, 0.2) is 11.6 Å². The van der Waals surface area contributed by atoms with Crippen LogP contribution in [0.15, 0.2) is 12.1 Å². The lowest BCUT2D eigenvalue weighted by atomic mass is 9.95. The molecular formula is C11H14FNO. The molecule has 14 heavy (non-hydrogen) atoms. The minimum atomic E-state index is -0.264. The second kappa shape index (κ2) is 3.58. The number of hydrogen-bond acceptors (Lipinski definition) is 2. The van der Waals surface area contributed by atoms with Crippen molar-refractivity contribution >= 4 is 0 Å². The van der Waals surface area contributed by atoms with E-state index < -0.39 is 0 Å². The average molecular weight is 195 g/mol. The molecule has 0 amide bonds. The van der Waals surface area contributed by atoms with E-state index in [1.165, 1.54) is 7.11 Å². The third-order valence-electron chi connectivity index (χ3n) is 2.73. The van der Waals surface area contributed by atoms with E-state index in [-0.39, 0.29) is 11.9 Å². The average Bonchev–Trinajstić information content (AvgIpc) is 2.17. The molecule has 0 radical (unpaired) electrons. The van der Waals surface area contributed by atoms with Crippen molar-refractivity contribution in [2.75, 3.05) is 13.7 Å². The number of fused-ring (bicyclic) bond motifs is 1. The second-order valence-corrected chi connectivity index (χ2v) is 3.61. The number of methoxy groups -OCH3 is 1. The highest BCUT2D eigenvalue weighted by atomic mass is 19.1. The maximum absolute atomic E-state index is 13.4. The second-order valence-electron chi connectivity index (χ2n) is 3.61. The predicted octanol–water partition coefficient (Wildman–Crippen LogP) is 2.04. The summed E-state index contributed by atoms with van der Waals surface area (Å²) < 4.78 is 18.3. The van der Waals surface area contributed by atoms with Gasteiger partial charge in [0.2, 0.25) is 0 Å². The van der Waals surface area contributed by atoms with E-state index in [1.54, 1.807) is 12.1 Å². The Kier molecular flexibility index (Phi) is 2.42. The summed E-state index contributed by atoms with van der Waals surface area (Å²) in [5.74, 6) is 0.0691. The molecule has 1 heterocycles. The third kappa shape index (κ3) is 1.48. The highest BCUT2D eigenvalue weighted by molar-refractivity contribution is 5.40. The van der Waals surface area contributed by atoms with Crippen LogP contribution in [0.2, 0.25) is 0 Å². The summed E-state index contributed by atoms with van der Waals surface area (Å²) in [5, 5.41) is 3.33. The van der Waals surface area contributed by atoms with Crippen LogP contribution in [-0.2, 0) is 6.42 Å². The van der Waals surface area contributed by atoms with Gasteiger partial charge >= 0.3 is 0 Å². The largest absolute Gasteiger partial charge is 0.494 e. The highest BCUT2D eigenvalue weighted by Gasteiger charge is 2.18. The van der Waals surface area contributed by atoms with E-state index in [4.69, 9.17) is 4.74 Å². The molecule has 0 bridgehead atoms. The van der Waals surface area contributed by atoms with E-state index in [1.807, 2.05) is 0 Å². The molecule has 2 rings (SSSR count). The normalized spacial score (nSPS) is 20.4. The standard InChI is InChI=1S/C11H14FNO/c1-7-9-6-11(14-2)10(12)5-8(9)3-4-13-7/h5-7,13H,3-4H2,1-2H3. The van der Waals surface area contributed by atoms with E-state index in [0.717, 1.165) is 24.1 Å². The van der Waals surface area contributed by atoms with Crippen molar-refractivity contribution in [3.05, 3.63) is 29.1 Å². The summed E-state index contributed by atoms with van der Waals surface area (Å²) >= 11 is 0. The van der Waals surface area contributed by atoms with Crippen LogP contribution >= 0.6 is 0 Å². The molecule has 1 aliphatic rings. The van der Waals surface area contributed by atoms with Gasteiger partial charge in [0, 0.05) is 6.04 Å². The number of rotatable bonds is 1. The van der Waals surface area contributed by atoms with Gasteiger partial charge in [-0.1, -0.05) is 0 Å². The first-order chi connectivity index (χ1) is 6.72. The molecule has 0 fully saturated rings. The summed E-state index contributed by atoms with van der Waals surface area (Å²) in [7, 11) is 1.49. The first-order valence-corrected chi connectivity index (χ1v) is 4.82. The van der Waals surface area contributed by atoms with Crippen molar-refractivity contribution in [1.82, 2.24) is 5.32 Å². The Bertz CT molecular complexity index is 351. The van der Waals surface area contributed by atoms with E-state index in [0.29, 0.717) is 5.75 Å². The first-order valence-electron chi connectivity index (χ1n) is 4.82. The number of halogens is 1. The molecule has 0 spiro atoms. The summed E-state index contributed by atoms with van der Waals surface area (Å²) in [6.45, 7) is 3.00. The zero-order valence-corrected chi connectivity index (χ0v) is 8.43. The van der Waals surface area contributed by atoms with Crippen molar-refractivity contribution in [2.24, 2.45) is 0 Å². The maximum Gasteiger partial charge on any atom is 0.165 e. The minimum Gasteiger partial charge on any atom is -0.494 e. The zero-order chi connectivity index (χ0) is 10.1.